The maximum atomic E-state index is 11.5. The van der Waals surface area contributed by atoms with Crippen molar-refractivity contribution >= 4 is 21.9 Å². The van der Waals surface area contributed by atoms with Crippen LogP contribution < -0.4 is 0 Å². The van der Waals surface area contributed by atoms with E-state index >= 15 is 0 Å². The third kappa shape index (κ3) is 6.20. The first-order valence-corrected chi connectivity index (χ1v) is 7.67. The molecule has 0 bridgehead atoms. The van der Waals surface area contributed by atoms with Crippen LogP contribution in [0.2, 0.25) is 0 Å². The third-order valence-corrected chi connectivity index (χ3v) is 3.46. The van der Waals surface area contributed by atoms with Gasteiger partial charge in [0.2, 0.25) is 0 Å². The van der Waals surface area contributed by atoms with Crippen molar-refractivity contribution in [3.63, 3.8) is 0 Å². The number of carbonyl (C=O) groups is 1. The van der Waals surface area contributed by atoms with Crippen molar-refractivity contribution in [3.05, 3.63) is 35.4 Å². The summed E-state index contributed by atoms with van der Waals surface area (Å²) >= 11 is 3.40. The quantitative estimate of drug-likeness (QED) is 0.398. The fraction of sp³-hybridized carbons (Fsp3) is 0.533. The minimum absolute atomic E-state index is 0.0873. The number of benzene rings is 1. The van der Waals surface area contributed by atoms with Crippen molar-refractivity contribution < 1.29 is 9.53 Å². The summed E-state index contributed by atoms with van der Waals surface area (Å²) in [6.45, 7) is 2.55. The van der Waals surface area contributed by atoms with Gasteiger partial charge in [0.1, 0.15) is 6.61 Å². The molecule has 1 aromatic rings. The van der Waals surface area contributed by atoms with Crippen LogP contribution in [-0.2, 0) is 21.5 Å². The number of rotatable bonds is 8. The highest BCUT2D eigenvalue weighted by molar-refractivity contribution is 9.08. The molecule has 3 heteroatoms. The molecule has 0 radical (unpaired) electrons. The Morgan fingerprint density at radius 3 is 2.39 bits per heavy atom. The number of hydrogen-bond acceptors (Lipinski definition) is 2. The minimum atomic E-state index is -0.0873. The Labute approximate surface area is 118 Å². The van der Waals surface area contributed by atoms with Crippen molar-refractivity contribution in [3.8, 4) is 0 Å². The lowest BCUT2D eigenvalue weighted by molar-refractivity contribution is -0.145. The summed E-state index contributed by atoms with van der Waals surface area (Å²) in [5.74, 6) is -0.0873. The van der Waals surface area contributed by atoms with Crippen LogP contribution in [0.25, 0.3) is 0 Å². The van der Waals surface area contributed by atoms with Crippen LogP contribution in [-0.4, -0.2) is 5.97 Å². The lowest BCUT2D eigenvalue weighted by Crippen LogP contribution is -2.04. The molecule has 0 N–H and O–H groups in total. The second kappa shape index (κ2) is 9.15. The minimum Gasteiger partial charge on any atom is -0.461 e. The lowest BCUT2D eigenvalue weighted by Gasteiger charge is -2.05. The van der Waals surface area contributed by atoms with Gasteiger partial charge in [-0.3, -0.25) is 4.79 Å². The van der Waals surface area contributed by atoms with Gasteiger partial charge < -0.3 is 4.74 Å². The maximum Gasteiger partial charge on any atom is 0.306 e. The zero-order chi connectivity index (χ0) is 13.2. The lowest BCUT2D eigenvalue weighted by atomic mass is 10.1. The number of alkyl halides is 1. The molecule has 0 heterocycles. The molecule has 0 aliphatic heterocycles. The zero-order valence-electron chi connectivity index (χ0n) is 11.0. The normalized spacial score (nSPS) is 10.3. The molecule has 1 rings (SSSR count). The van der Waals surface area contributed by atoms with E-state index in [1.165, 1.54) is 18.4 Å². The van der Waals surface area contributed by atoms with Crippen LogP contribution in [0.4, 0.5) is 0 Å². The first-order chi connectivity index (χ1) is 8.76. The fourth-order valence-corrected chi connectivity index (χ4v) is 2.03. The third-order valence-electron chi connectivity index (χ3n) is 2.81. The van der Waals surface area contributed by atoms with Gasteiger partial charge in [-0.15, -0.1) is 0 Å². The summed E-state index contributed by atoms with van der Waals surface area (Å²) in [4.78, 5) is 11.5. The summed E-state index contributed by atoms with van der Waals surface area (Å²) in [7, 11) is 0. The number of unbranched alkanes of at least 4 members (excludes halogenated alkanes) is 3. The van der Waals surface area contributed by atoms with Gasteiger partial charge in [0.25, 0.3) is 0 Å². The standard InChI is InChI=1S/C15H21BrO2/c1-2-3-4-5-6-15(17)18-12-14-9-7-13(11-16)8-10-14/h7-10H,2-6,11-12H2,1H3. The number of hydrogen-bond donors (Lipinski definition) is 0. The molecule has 1 aromatic carbocycles. The van der Waals surface area contributed by atoms with Gasteiger partial charge in [-0.25, -0.2) is 0 Å². The van der Waals surface area contributed by atoms with E-state index in [4.69, 9.17) is 4.74 Å². The van der Waals surface area contributed by atoms with Crippen LogP contribution in [0.15, 0.2) is 24.3 Å². The van der Waals surface area contributed by atoms with Crippen LogP contribution in [0.1, 0.15) is 50.2 Å². The summed E-state index contributed by atoms with van der Waals surface area (Å²) in [5.41, 5.74) is 2.27. The van der Waals surface area contributed by atoms with Crippen molar-refractivity contribution in [1.29, 1.82) is 0 Å². The summed E-state index contributed by atoms with van der Waals surface area (Å²) < 4.78 is 5.23. The Bertz CT molecular complexity index is 346. The Balaban J connectivity index is 2.20. The van der Waals surface area contributed by atoms with E-state index in [1.807, 2.05) is 24.3 Å². The molecule has 0 aliphatic rings. The van der Waals surface area contributed by atoms with E-state index in [9.17, 15) is 4.79 Å². The van der Waals surface area contributed by atoms with E-state index in [2.05, 4.69) is 22.9 Å². The SMILES string of the molecule is CCCCCCC(=O)OCc1ccc(CBr)cc1. The molecule has 0 aliphatic carbocycles. The van der Waals surface area contributed by atoms with Gasteiger partial charge in [0.05, 0.1) is 0 Å². The topological polar surface area (TPSA) is 26.3 Å². The van der Waals surface area contributed by atoms with Crippen LogP contribution in [0, 0.1) is 0 Å². The van der Waals surface area contributed by atoms with Crippen molar-refractivity contribution in [2.75, 3.05) is 0 Å². The number of carbonyl (C=O) groups excluding carboxylic acids is 1. The smallest absolute Gasteiger partial charge is 0.306 e. The molecular weight excluding hydrogens is 292 g/mol. The van der Waals surface area contributed by atoms with Gasteiger partial charge in [0, 0.05) is 11.8 Å². The van der Waals surface area contributed by atoms with E-state index in [0.717, 1.165) is 23.7 Å². The predicted molar refractivity (Wildman–Crippen MR) is 77.6 cm³/mol. The Morgan fingerprint density at radius 2 is 1.78 bits per heavy atom. The van der Waals surface area contributed by atoms with Gasteiger partial charge in [-0.1, -0.05) is 66.4 Å². The van der Waals surface area contributed by atoms with E-state index in [0.29, 0.717) is 13.0 Å². The van der Waals surface area contributed by atoms with Crippen molar-refractivity contribution in [2.24, 2.45) is 0 Å². The van der Waals surface area contributed by atoms with Gasteiger partial charge >= 0.3 is 5.97 Å². The molecule has 18 heavy (non-hydrogen) atoms. The van der Waals surface area contributed by atoms with E-state index < -0.39 is 0 Å². The van der Waals surface area contributed by atoms with Gasteiger partial charge in [-0.05, 0) is 17.5 Å². The average Bonchev–Trinajstić information content (AvgIpc) is 2.42. The number of halogens is 1. The maximum absolute atomic E-state index is 11.5. The zero-order valence-corrected chi connectivity index (χ0v) is 12.5. The molecule has 0 saturated heterocycles. The molecule has 0 unspecified atom stereocenters. The molecule has 0 aromatic heterocycles. The molecule has 100 valence electrons. The molecule has 0 spiro atoms. The average molecular weight is 313 g/mol. The van der Waals surface area contributed by atoms with E-state index in [1.54, 1.807) is 0 Å². The summed E-state index contributed by atoms with van der Waals surface area (Å²) in [5, 5.41) is 0.852. The highest BCUT2D eigenvalue weighted by Gasteiger charge is 2.03. The first kappa shape index (κ1) is 15.2. The molecule has 0 fully saturated rings. The predicted octanol–water partition coefficient (Wildman–Crippen LogP) is 4.60. The molecular formula is C15H21BrO2. The Hall–Kier alpha value is -0.830. The molecule has 2 nitrogen and oxygen atoms in total. The van der Waals surface area contributed by atoms with Crippen molar-refractivity contribution in [1.82, 2.24) is 0 Å². The van der Waals surface area contributed by atoms with Gasteiger partial charge in [0.15, 0.2) is 0 Å². The largest absolute Gasteiger partial charge is 0.461 e. The van der Waals surface area contributed by atoms with Crippen LogP contribution in [0.5, 0.6) is 0 Å². The van der Waals surface area contributed by atoms with Gasteiger partial charge in [-0.2, -0.15) is 0 Å². The van der Waals surface area contributed by atoms with Crippen LogP contribution in [0.3, 0.4) is 0 Å². The summed E-state index contributed by atoms with van der Waals surface area (Å²) in [6, 6.07) is 8.08. The highest BCUT2D eigenvalue weighted by atomic mass is 79.9. The van der Waals surface area contributed by atoms with Crippen LogP contribution >= 0.6 is 15.9 Å². The fourth-order valence-electron chi connectivity index (χ4n) is 1.66. The monoisotopic (exact) mass is 312 g/mol. The second-order valence-corrected chi connectivity index (χ2v) is 4.98. The Kier molecular flexibility index (Phi) is 7.74. The van der Waals surface area contributed by atoms with E-state index in [-0.39, 0.29) is 5.97 Å². The summed E-state index contributed by atoms with van der Waals surface area (Å²) in [6.07, 6.45) is 4.98. The molecule has 0 saturated carbocycles. The highest BCUT2D eigenvalue weighted by Crippen LogP contribution is 2.10. The molecule has 0 atom stereocenters. The van der Waals surface area contributed by atoms with Crippen molar-refractivity contribution in [2.45, 2.75) is 51.0 Å². The Morgan fingerprint density at radius 1 is 1.11 bits per heavy atom. The first-order valence-electron chi connectivity index (χ1n) is 6.55. The molecule has 0 amide bonds. The number of esters is 1. The second-order valence-electron chi connectivity index (χ2n) is 4.42. The number of ether oxygens (including phenoxy) is 1.